The molecule has 2 rings (SSSR count). The van der Waals surface area contributed by atoms with Gasteiger partial charge in [-0.15, -0.1) is 0 Å². The number of rotatable bonds is 3. The van der Waals surface area contributed by atoms with Crippen LogP contribution in [0.1, 0.15) is 24.5 Å². The molecule has 0 saturated heterocycles. The van der Waals surface area contributed by atoms with Gasteiger partial charge in [0.2, 0.25) is 10.0 Å². The molecule has 0 aromatic heterocycles. The number of nitrogens with two attached hydrogens (primary N) is 1. The number of hydrogen-bond donors (Lipinski definition) is 1. The van der Waals surface area contributed by atoms with E-state index in [0.717, 1.165) is 12.0 Å². The monoisotopic (exact) mass is 263 g/mol. The van der Waals surface area contributed by atoms with Crippen molar-refractivity contribution in [3.63, 3.8) is 0 Å². The molecule has 1 aliphatic carbocycles. The van der Waals surface area contributed by atoms with Gasteiger partial charge >= 0.3 is 0 Å². The summed E-state index contributed by atoms with van der Waals surface area (Å²) in [4.78, 5) is 0. The SMILES string of the molecule is CCc1ccc(C2(S(N)(=O)=O)C=CC=CC2)cc1. The number of allylic oxidation sites excluding steroid dienone is 3. The third-order valence-corrected chi connectivity index (χ3v) is 4.95. The summed E-state index contributed by atoms with van der Waals surface area (Å²) in [7, 11) is -3.70. The van der Waals surface area contributed by atoms with Crippen LogP contribution in [0.4, 0.5) is 0 Å². The molecule has 1 unspecified atom stereocenters. The zero-order chi connectivity index (χ0) is 13.2. The lowest BCUT2D eigenvalue weighted by atomic mass is 9.90. The number of aryl methyl sites for hydroxylation is 1. The molecule has 4 heteroatoms. The van der Waals surface area contributed by atoms with E-state index in [-0.39, 0.29) is 0 Å². The lowest BCUT2D eigenvalue weighted by Gasteiger charge is -2.29. The summed E-state index contributed by atoms with van der Waals surface area (Å²) >= 11 is 0. The van der Waals surface area contributed by atoms with E-state index < -0.39 is 14.8 Å². The van der Waals surface area contributed by atoms with Crippen LogP contribution >= 0.6 is 0 Å². The predicted molar refractivity (Wildman–Crippen MR) is 73.5 cm³/mol. The average Bonchev–Trinajstić information content (AvgIpc) is 2.38. The highest BCUT2D eigenvalue weighted by molar-refractivity contribution is 7.90. The first-order chi connectivity index (χ1) is 8.49. The van der Waals surface area contributed by atoms with Crippen LogP contribution < -0.4 is 5.14 Å². The molecule has 2 N–H and O–H groups in total. The lowest BCUT2D eigenvalue weighted by Crippen LogP contribution is -2.39. The highest BCUT2D eigenvalue weighted by Gasteiger charge is 2.40. The van der Waals surface area contributed by atoms with E-state index in [1.54, 1.807) is 12.2 Å². The van der Waals surface area contributed by atoms with Crippen LogP contribution in [-0.4, -0.2) is 8.42 Å². The molecule has 0 aliphatic heterocycles. The van der Waals surface area contributed by atoms with Gasteiger partial charge in [0.05, 0.1) is 0 Å². The van der Waals surface area contributed by atoms with Crippen LogP contribution in [-0.2, 0) is 21.2 Å². The van der Waals surface area contributed by atoms with Gasteiger partial charge in [-0.1, -0.05) is 55.5 Å². The second kappa shape index (κ2) is 4.71. The van der Waals surface area contributed by atoms with Crippen LogP contribution in [0.15, 0.2) is 48.6 Å². The van der Waals surface area contributed by atoms with Gasteiger partial charge in [0.25, 0.3) is 0 Å². The Morgan fingerprint density at radius 1 is 1.22 bits per heavy atom. The van der Waals surface area contributed by atoms with Crippen molar-refractivity contribution in [1.29, 1.82) is 0 Å². The van der Waals surface area contributed by atoms with Crippen molar-refractivity contribution >= 4 is 10.0 Å². The highest BCUT2D eigenvalue weighted by atomic mass is 32.2. The number of hydrogen-bond acceptors (Lipinski definition) is 2. The van der Waals surface area contributed by atoms with E-state index in [9.17, 15) is 8.42 Å². The Labute approximate surface area is 108 Å². The van der Waals surface area contributed by atoms with Crippen LogP contribution in [0.5, 0.6) is 0 Å². The molecule has 0 bridgehead atoms. The minimum absolute atomic E-state index is 0.383. The summed E-state index contributed by atoms with van der Waals surface area (Å²) in [6.07, 6.45) is 8.39. The molecule has 0 amide bonds. The first-order valence-corrected chi connectivity index (χ1v) is 7.50. The lowest BCUT2D eigenvalue weighted by molar-refractivity contribution is 0.559. The van der Waals surface area contributed by atoms with Gasteiger partial charge in [-0.05, 0) is 24.0 Å². The Balaban J connectivity index is 2.54. The van der Waals surface area contributed by atoms with Gasteiger partial charge in [0, 0.05) is 0 Å². The van der Waals surface area contributed by atoms with Gasteiger partial charge in [-0.3, -0.25) is 0 Å². The average molecular weight is 263 g/mol. The van der Waals surface area contributed by atoms with E-state index >= 15 is 0 Å². The molecule has 3 nitrogen and oxygen atoms in total. The van der Waals surface area contributed by atoms with Crippen molar-refractivity contribution in [2.75, 3.05) is 0 Å². The topological polar surface area (TPSA) is 60.2 Å². The molecule has 0 saturated carbocycles. The summed E-state index contributed by atoms with van der Waals surface area (Å²) in [6.45, 7) is 2.06. The number of benzene rings is 1. The van der Waals surface area contributed by atoms with Crippen molar-refractivity contribution in [2.45, 2.75) is 24.5 Å². The normalized spacial score (nSPS) is 23.2. The summed E-state index contributed by atoms with van der Waals surface area (Å²) in [6, 6.07) is 7.61. The van der Waals surface area contributed by atoms with Gasteiger partial charge in [-0.25, -0.2) is 13.6 Å². The quantitative estimate of drug-likeness (QED) is 0.909. The smallest absolute Gasteiger partial charge is 0.223 e. The molecule has 1 aromatic rings. The Bertz CT molecular complexity index is 585. The maximum absolute atomic E-state index is 12.0. The van der Waals surface area contributed by atoms with Crippen LogP contribution in [0, 0.1) is 0 Å². The second-order valence-electron chi connectivity index (χ2n) is 4.48. The van der Waals surface area contributed by atoms with E-state index in [2.05, 4.69) is 6.92 Å². The Hall–Kier alpha value is -1.39. The second-order valence-corrected chi connectivity index (χ2v) is 6.29. The van der Waals surface area contributed by atoms with Crippen molar-refractivity contribution in [2.24, 2.45) is 5.14 Å². The molecular formula is C14H17NO2S. The number of sulfonamides is 1. The zero-order valence-electron chi connectivity index (χ0n) is 10.3. The molecule has 0 fully saturated rings. The molecule has 0 radical (unpaired) electrons. The maximum atomic E-state index is 12.0. The van der Waals surface area contributed by atoms with Crippen molar-refractivity contribution < 1.29 is 8.42 Å². The fourth-order valence-corrected chi connectivity index (χ4v) is 3.27. The minimum Gasteiger partial charge on any atom is -0.228 e. The fraction of sp³-hybridized carbons (Fsp3) is 0.286. The Morgan fingerprint density at radius 3 is 2.33 bits per heavy atom. The first-order valence-electron chi connectivity index (χ1n) is 5.96. The molecule has 1 aromatic carbocycles. The molecule has 1 aliphatic rings. The van der Waals surface area contributed by atoms with E-state index in [1.807, 2.05) is 36.4 Å². The van der Waals surface area contributed by atoms with E-state index in [4.69, 9.17) is 5.14 Å². The van der Waals surface area contributed by atoms with Crippen molar-refractivity contribution in [3.05, 3.63) is 59.7 Å². The summed E-state index contributed by atoms with van der Waals surface area (Å²) in [5.41, 5.74) is 1.90. The first kappa shape index (κ1) is 13.1. The third-order valence-electron chi connectivity index (χ3n) is 3.39. The van der Waals surface area contributed by atoms with Crippen molar-refractivity contribution in [1.82, 2.24) is 0 Å². The highest BCUT2D eigenvalue weighted by Crippen LogP contribution is 2.36. The Morgan fingerprint density at radius 2 is 1.89 bits per heavy atom. The van der Waals surface area contributed by atoms with Gasteiger partial charge in [0.1, 0.15) is 4.75 Å². The molecule has 1 atom stereocenters. The van der Waals surface area contributed by atoms with Crippen LogP contribution in [0.25, 0.3) is 0 Å². The van der Waals surface area contributed by atoms with Crippen LogP contribution in [0.3, 0.4) is 0 Å². The van der Waals surface area contributed by atoms with E-state index in [0.29, 0.717) is 6.42 Å². The molecule has 18 heavy (non-hydrogen) atoms. The largest absolute Gasteiger partial charge is 0.228 e. The molecule has 0 spiro atoms. The van der Waals surface area contributed by atoms with Gasteiger partial charge < -0.3 is 0 Å². The summed E-state index contributed by atoms with van der Waals surface area (Å²) in [5, 5.41) is 5.43. The predicted octanol–water partition coefficient (Wildman–Crippen LogP) is 2.25. The summed E-state index contributed by atoms with van der Waals surface area (Å²) in [5.74, 6) is 0. The Kier molecular flexibility index (Phi) is 3.41. The third kappa shape index (κ3) is 2.13. The van der Waals surface area contributed by atoms with Crippen LogP contribution in [0.2, 0.25) is 0 Å². The van der Waals surface area contributed by atoms with E-state index in [1.165, 1.54) is 5.56 Å². The summed E-state index contributed by atoms with van der Waals surface area (Å²) < 4.78 is 22.8. The number of primary sulfonamides is 1. The molecule has 96 valence electrons. The standard InChI is InChI=1S/C14H17NO2S/c1-2-12-6-8-13(9-7-12)14(18(15,16)17)10-4-3-5-11-14/h3-10H,2,11H2,1H3,(H2,15,16,17). The minimum atomic E-state index is -3.70. The zero-order valence-corrected chi connectivity index (χ0v) is 11.2. The van der Waals surface area contributed by atoms with Gasteiger partial charge in [-0.2, -0.15) is 0 Å². The maximum Gasteiger partial charge on any atom is 0.223 e. The van der Waals surface area contributed by atoms with Crippen molar-refractivity contribution in [3.8, 4) is 0 Å². The molecule has 0 heterocycles. The van der Waals surface area contributed by atoms with Gasteiger partial charge in [0.15, 0.2) is 0 Å². The fourth-order valence-electron chi connectivity index (χ4n) is 2.21. The molecular weight excluding hydrogens is 246 g/mol.